The minimum Gasteiger partial charge on any atom is -0.494 e. The van der Waals surface area contributed by atoms with Gasteiger partial charge in [0.15, 0.2) is 0 Å². The topological polar surface area (TPSA) is 187 Å². The third kappa shape index (κ3) is 9.45. The van der Waals surface area contributed by atoms with E-state index in [1.54, 1.807) is 31.6 Å². The van der Waals surface area contributed by atoms with E-state index in [9.17, 15) is 18.0 Å². The average Bonchev–Trinajstić information content (AvgIpc) is 3.28. The standard InChI is InChI=1S/C46H54BrN11O5S/c1-4-30-23-37(52-45-50-27-34(47)43(54-45)51-36-11-10-35-41(49-16-15-48-35)42(36)55-64(3,61)62)39(63-2)24-38(30)58-17-13-46(14-18-58)25-29(26-46)28-56-19-21-57(22-20-56)32-7-5-31(6-8-32)33-9-12-40(59)53-44(33)60/h5-8,10-11,15-16,23-24,27,29,33,55H,4,9,12-14,17-22,25-26,28H2,1-3H3,(H,53,59,60)(H2,50,51,52,54). The maximum Gasteiger partial charge on any atom is 0.234 e. The van der Waals surface area contributed by atoms with Crippen molar-refractivity contribution in [3.05, 3.63) is 82.7 Å². The van der Waals surface area contributed by atoms with Crippen LogP contribution in [0.25, 0.3) is 11.0 Å². The van der Waals surface area contributed by atoms with E-state index in [-0.39, 0.29) is 23.4 Å². The molecule has 1 unspecified atom stereocenters. The quantitative estimate of drug-likeness (QED) is 0.0889. The number of piperidine rings is 2. The molecule has 0 bridgehead atoms. The van der Waals surface area contributed by atoms with Crippen LogP contribution < -0.4 is 35.2 Å². The lowest BCUT2D eigenvalue weighted by Gasteiger charge is -2.54. The lowest BCUT2D eigenvalue weighted by molar-refractivity contribution is -0.134. The molecule has 4 N–H and O–H groups in total. The molecule has 3 aromatic carbocycles. The summed E-state index contributed by atoms with van der Waals surface area (Å²) >= 11 is 3.55. The molecule has 64 heavy (non-hydrogen) atoms. The third-order valence-corrected chi connectivity index (χ3v) is 14.5. The summed E-state index contributed by atoms with van der Waals surface area (Å²) in [5.74, 6) is 1.56. The second-order valence-corrected chi connectivity index (χ2v) is 20.2. The van der Waals surface area contributed by atoms with Crippen LogP contribution in [0.5, 0.6) is 5.75 Å². The van der Waals surface area contributed by atoms with Crippen molar-refractivity contribution in [1.29, 1.82) is 0 Å². The van der Waals surface area contributed by atoms with Gasteiger partial charge in [-0.2, -0.15) is 4.98 Å². The van der Waals surface area contributed by atoms with Crippen molar-refractivity contribution in [3.8, 4) is 5.75 Å². The predicted octanol–water partition coefficient (Wildman–Crippen LogP) is 6.95. The summed E-state index contributed by atoms with van der Waals surface area (Å²) in [7, 11) is -1.97. The van der Waals surface area contributed by atoms with Gasteiger partial charge in [-0.15, -0.1) is 0 Å². The van der Waals surface area contributed by atoms with E-state index in [1.165, 1.54) is 55.4 Å². The zero-order valence-corrected chi connectivity index (χ0v) is 38.8. The molecular weight excluding hydrogens is 899 g/mol. The number of halogens is 1. The molecule has 4 aliphatic rings. The fourth-order valence-corrected chi connectivity index (χ4v) is 10.9. The monoisotopic (exact) mass is 951 g/mol. The van der Waals surface area contributed by atoms with Crippen LogP contribution in [-0.4, -0.2) is 104 Å². The Morgan fingerprint density at radius 1 is 0.906 bits per heavy atom. The van der Waals surface area contributed by atoms with Crippen molar-refractivity contribution in [3.63, 3.8) is 0 Å². The predicted molar refractivity (Wildman–Crippen MR) is 253 cm³/mol. The molecule has 2 aromatic heterocycles. The molecular formula is C46H54BrN11O5S. The van der Waals surface area contributed by atoms with Crippen molar-refractivity contribution >= 4 is 89.0 Å². The maximum atomic E-state index is 12.4. The van der Waals surface area contributed by atoms with E-state index in [0.717, 1.165) is 69.1 Å². The first-order valence-corrected chi connectivity index (χ1v) is 24.7. The van der Waals surface area contributed by atoms with Gasteiger partial charge in [-0.25, -0.2) is 13.4 Å². The number of aromatic nitrogens is 4. The maximum absolute atomic E-state index is 12.4. The zero-order chi connectivity index (χ0) is 44.6. The summed E-state index contributed by atoms with van der Waals surface area (Å²) in [6, 6.07) is 16.1. The second-order valence-electron chi connectivity index (χ2n) is 17.6. The highest BCUT2D eigenvalue weighted by atomic mass is 79.9. The Kier molecular flexibility index (Phi) is 12.4. The number of benzene rings is 3. The van der Waals surface area contributed by atoms with Crippen molar-refractivity contribution in [2.45, 2.75) is 57.8 Å². The van der Waals surface area contributed by atoms with Gasteiger partial charge in [0.25, 0.3) is 0 Å². The van der Waals surface area contributed by atoms with Crippen LogP contribution in [0.3, 0.4) is 0 Å². The number of nitrogens with one attached hydrogen (secondary N) is 4. The average molecular weight is 953 g/mol. The number of aryl methyl sites for hydroxylation is 1. The van der Waals surface area contributed by atoms with Crippen molar-refractivity contribution in [1.82, 2.24) is 30.2 Å². The number of nitrogens with zero attached hydrogens (tertiary/aromatic N) is 7. The molecule has 0 radical (unpaired) electrons. The van der Waals surface area contributed by atoms with Gasteiger partial charge in [0, 0.05) is 88.3 Å². The second kappa shape index (κ2) is 18.1. The molecule has 5 heterocycles. The highest BCUT2D eigenvalue weighted by Gasteiger charge is 2.46. The molecule has 16 nitrogen and oxygen atoms in total. The minimum absolute atomic E-state index is 0.181. The van der Waals surface area contributed by atoms with Gasteiger partial charge in [0.2, 0.25) is 27.8 Å². The van der Waals surface area contributed by atoms with Crippen LogP contribution in [0.2, 0.25) is 0 Å². The number of ether oxygens (including phenoxy) is 1. The lowest BCUT2D eigenvalue weighted by atomic mass is 9.57. The lowest BCUT2D eigenvalue weighted by Crippen LogP contribution is -2.53. The van der Waals surface area contributed by atoms with Gasteiger partial charge < -0.3 is 25.2 Å². The fourth-order valence-electron chi connectivity index (χ4n) is 10.1. The van der Waals surface area contributed by atoms with Crippen LogP contribution in [0, 0.1) is 11.3 Å². The Labute approximate surface area is 382 Å². The Bertz CT molecular complexity index is 2660. The molecule has 336 valence electrons. The number of imide groups is 1. The van der Waals surface area contributed by atoms with E-state index in [0.29, 0.717) is 57.0 Å². The van der Waals surface area contributed by atoms with Gasteiger partial charge in [0.1, 0.15) is 17.1 Å². The summed E-state index contributed by atoms with van der Waals surface area (Å²) in [4.78, 5) is 49.5. The van der Waals surface area contributed by atoms with Gasteiger partial charge in [-0.1, -0.05) is 19.1 Å². The number of hydrogen-bond acceptors (Lipinski definition) is 14. The number of amides is 2. The highest BCUT2D eigenvalue weighted by Crippen LogP contribution is 2.53. The summed E-state index contributed by atoms with van der Waals surface area (Å²) in [5, 5.41) is 9.10. The first-order valence-electron chi connectivity index (χ1n) is 22.0. The molecule has 2 amide bonds. The van der Waals surface area contributed by atoms with Gasteiger partial charge in [0.05, 0.1) is 46.3 Å². The number of sulfonamides is 1. The molecule has 18 heteroatoms. The number of carbonyl (C=O) groups excluding carboxylic acids is 2. The van der Waals surface area contributed by atoms with Crippen molar-refractivity contribution in [2.75, 3.05) is 84.3 Å². The number of hydrogen-bond donors (Lipinski definition) is 4. The fraction of sp³-hybridized carbons (Fsp3) is 0.435. The molecule has 1 spiro atoms. The number of rotatable bonds is 13. The summed E-state index contributed by atoms with van der Waals surface area (Å²) in [6.45, 7) is 9.45. The Morgan fingerprint density at radius 3 is 2.36 bits per heavy atom. The Hall–Kier alpha value is -5.59. The van der Waals surface area contributed by atoms with E-state index >= 15 is 0 Å². The summed E-state index contributed by atoms with van der Waals surface area (Å²) in [6.07, 6.45) is 12.6. The van der Waals surface area contributed by atoms with Gasteiger partial charge >= 0.3 is 0 Å². The molecule has 1 atom stereocenters. The SMILES string of the molecule is CCc1cc(Nc2ncc(Br)c(Nc3ccc4nccnc4c3NS(C)(=O)=O)n2)c(OC)cc1N1CCC2(CC1)CC(CN1CCN(c3ccc(C4CCC(=O)NC4=O)cc3)CC1)C2. The van der Waals surface area contributed by atoms with Crippen LogP contribution >= 0.6 is 15.9 Å². The van der Waals surface area contributed by atoms with Crippen LogP contribution in [0.4, 0.5) is 40.2 Å². The smallest absolute Gasteiger partial charge is 0.234 e. The van der Waals surface area contributed by atoms with E-state index < -0.39 is 10.0 Å². The van der Waals surface area contributed by atoms with Crippen LogP contribution in [0.1, 0.15) is 62.5 Å². The largest absolute Gasteiger partial charge is 0.494 e. The minimum atomic E-state index is -3.64. The van der Waals surface area contributed by atoms with Crippen molar-refractivity contribution < 1.29 is 22.7 Å². The Balaban J connectivity index is 0.789. The molecule has 3 aliphatic heterocycles. The normalized spacial score (nSPS) is 19.3. The number of carbonyl (C=O) groups is 2. The third-order valence-electron chi connectivity index (χ3n) is 13.3. The Morgan fingerprint density at radius 2 is 1.66 bits per heavy atom. The van der Waals surface area contributed by atoms with Gasteiger partial charge in [-0.05, 0) is 107 Å². The number of methoxy groups -OCH3 is 1. The summed E-state index contributed by atoms with van der Waals surface area (Å²) in [5.41, 5.74) is 7.40. The van der Waals surface area contributed by atoms with E-state index in [1.807, 2.05) is 0 Å². The van der Waals surface area contributed by atoms with Gasteiger partial charge in [-0.3, -0.25) is 34.5 Å². The number of anilines is 7. The van der Waals surface area contributed by atoms with Crippen LogP contribution in [-0.2, 0) is 26.0 Å². The number of piperazine rings is 1. The summed E-state index contributed by atoms with van der Waals surface area (Å²) < 4.78 is 33.8. The molecule has 5 aromatic rings. The number of fused-ring (bicyclic) bond motifs is 1. The van der Waals surface area contributed by atoms with E-state index in [4.69, 9.17) is 9.72 Å². The van der Waals surface area contributed by atoms with Crippen molar-refractivity contribution in [2.24, 2.45) is 11.3 Å². The zero-order valence-electron chi connectivity index (χ0n) is 36.4. The first kappa shape index (κ1) is 43.7. The van der Waals surface area contributed by atoms with Crippen LogP contribution in [0.15, 0.2) is 71.6 Å². The molecule has 1 saturated carbocycles. The molecule has 4 fully saturated rings. The molecule has 3 saturated heterocycles. The van der Waals surface area contributed by atoms with E-state index in [2.05, 4.69) is 110 Å². The molecule has 1 aliphatic carbocycles. The highest BCUT2D eigenvalue weighted by molar-refractivity contribution is 9.10. The first-order chi connectivity index (χ1) is 30.9. The molecule has 9 rings (SSSR count).